The predicted molar refractivity (Wildman–Crippen MR) is 79.5 cm³/mol. The summed E-state index contributed by atoms with van der Waals surface area (Å²) in [7, 11) is 0. The van der Waals surface area contributed by atoms with Crippen LogP contribution in [-0.4, -0.2) is 17.5 Å². The lowest BCUT2D eigenvalue weighted by atomic mass is 9.96. The molecule has 0 amide bonds. The number of likely N-dealkylation sites (tertiary alicyclic amines) is 1. The van der Waals surface area contributed by atoms with Crippen LogP contribution < -0.4 is 0 Å². The van der Waals surface area contributed by atoms with Crippen LogP contribution in [0.2, 0.25) is 0 Å². The topological polar surface area (TPSA) is 3.24 Å². The molecule has 1 aromatic carbocycles. The van der Waals surface area contributed by atoms with Crippen LogP contribution in [0.4, 0.5) is 4.39 Å². The molecule has 2 fully saturated rings. The summed E-state index contributed by atoms with van der Waals surface area (Å²) in [6.07, 6.45) is 8.22. The molecule has 1 nitrogen and oxygen atoms in total. The van der Waals surface area contributed by atoms with Gasteiger partial charge < -0.3 is 0 Å². The lowest BCUT2D eigenvalue weighted by Gasteiger charge is -2.29. The van der Waals surface area contributed by atoms with Crippen LogP contribution in [-0.2, 0) is 6.54 Å². The fourth-order valence-electron chi connectivity index (χ4n) is 3.81. The summed E-state index contributed by atoms with van der Waals surface area (Å²) in [5.74, 6) is 0.740. The van der Waals surface area contributed by atoms with Crippen molar-refractivity contribution in [3.63, 3.8) is 0 Å². The zero-order chi connectivity index (χ0) is 13.2. The van der Waals surface area contributed by atoms with Gasteiger partial charge in [-0.25, -0.2) is 4.39 Å². The van der Waals surface area contributed by atoms with Crippen LogP contribution in [0.5, 0.6) is 0 Å². The van der Waals surface area contributed by atoms with E-state index in [2.05, 4.69) is 20.8 Å². The Bertz CT molecular complexity index is 442. The van der Waals surface area contributed by atoms with E-state index in [0.717, 1.165) is 24.1 Å². The van der Waals surface area contributed by atoms with Gasteiger partial charge in [0.15, 0.2) is 0 Å². The number of nitrogens with zero attached hydrogens (tertiary/aromatic N) is 1. The van der Waals surface area contributed by atoms with Crippen molar-refractivity contribution in [2.45, 2.75) is 51.1 Å². The molecule has 19 heavy (non-hydrogen) atoms. The Labute approximate surface area is 123 Å². The summed E-state index contributed by atoms with van der Waals surface area (Å²) in [5, 5.41) is 0. The van der Waals surface area contributed by atoms with E-state index in [0.29, 0.717) is 4.47 Å². The van der Waals surface area contributed by atoms with Gasteiger partial charge in [-0.3, -0.25) is 4.90 Å². The normalized spacial score (nSPS) is 25.3. The van der Waals surface area contributed by atoms with Gasteiger partial charge in [0, 0.05) is 12.6 Å². The molecule has 1 saturated carbocycles. The molecule has 3 rings (SSSR count). The SMILES string of the molecule is Fc1cccc(CN2CCCC2C2CCCC2)c1Br. The summed E-state index contributed by atoms with van der Waals surface area (Å²) in [6.45, 7) is 2.06. The molecule has 1 unspecified atom stereocenters. The minimum absolute atomic E-state index is 0.144. The van der Waals surface area contributed by atoms with Crippen molar-refractivity contribution < 1.29 is 4.39 Å². The molecule has 1 saturated heterocycles. The van der Waals surface area contributed by atoms with E-state index in [1.54, 1.807) is 0 Å². The van der Waals surface area contributed by atoms with Crippen LogP contribution in [0.25, 0.3) is 0 Å². The van der Waals surface area contributed by atoms with Gasteiger partial charge in [0.1, 0.15) is 5.82 Å². The largest absolute Gasteiger partial charge is 0.296 e. The molecule has 2 aliphatic rings. The van der Waals surface area contributed by atoms with Gasteiger partial charge in [-0.2, -0.15) is 0 Å². The smallest absolute Gasteiger partial charge is 0.137 e. The lowest BCUT2D eigenvalue weighted by Crippen LogP contribution is -2.34. The second-order valence-corrected chi connectivity index (χ2v) is 6.73. The number of hydrogen-bond acceptors (Lipinski definition) is 1. The van der Waals surface area contributed by atoms with Gasteiger partial charge in [0.25, 0.3) is 0 Å². The van der Waals surface area contributed by atoms with Gasteiger partial charge in [-0.1, -0.05) is 25.0 Å². The van der Waals surface area contributed by atoms with E-state index in [9.17, 15) is 4.39 Å². The quantitative estimate of drug-likeness (QED) is 0.775. The fraction of sp³-hybridized carbons (Fsp3) is 0.625. The van der Waals surface area contributed by atoms with E-state index >= 15 is 0 Å². The average molecular weight is 326 g/mol. The summed E-state index contributed by atoms with van der Waals surface area (Å²) >= 11 is 3.39. The molecule has 0 spiro atoms. The summed E-state index contributed by atoms with van der Waals surface area (Å²) in [6, 6.07) is 6.11. The average Bonchev–Trinajstić information content (AvgIpc) is 3.05. The standard InChI is InChI=1S/C16H21BrFN/c17-16-13(7-3-8-14(16)18)11-19-10-4-9-15(19)12-5-1-2-6-12/h3,7-8,12,15H,1-2,4-6,9-11H2. The summed E-state index contributed by atoms with van der Waals surface area (Å²) in [4.78, 5) is 2.58. The minimum atomic E-state index is -0.144. The first kappa shape index (κ1) is 13.6. The van der Waals surface area contributed by atoms with Crippen molar-refractivity contribution in [1.82, 2.24) is 4.90 Å². The molecule has 0 bridgehead atoms. The number of hydrogen-bond donors (Lipinski definition) is 0. The van der Waals surface area contributed by atoms with Gasteiger partial charge in [-0.15, -0.1) is 0 Å². The van der Waals surface area contributed by atoms with Crippen LogP contribution in [0.1, 0.15) is 44.1 Å². The predicted octanol–water partition coefficient (Wildman–Crippen LogP) is 4.74. The third kappa shape index (κ3) is 2.87. The van der Waals surface area contributed by atoms with E-state index in [1.165, 1.54) is 51.1 Å². The zero-order valence-electron chi connectivity index (χ0n) is 11.2. The molecule has 104 valence electrons. The Kier molecular flexibility index (Phi) is 4.23. The first-order valence-corrected chi connectivity index (χ1v) is 8.22. The molecule has 1 aliphatic heterocycles. The third-order valence-corrected chi connectivity index (χ3v) is 5.65. The van der Waals surface area contributed by atoms with E-state index in [1.807, 2.05) is 12.1 Å². The Morgan fingerprint density at radius 1 is 1.16 bits per heavy atom. The maximum absolute atomic E-state index is 13.6. The van der Waals surface area contributed by atoms with Crippen molar-refractivity contribution in [3.8, 4) is 0 Å². The van der Waals surface area contributed by atoms with Crippen LogP contribution in [0.3, 0.4) is 0 Å². The molecule has 1 aromatic rings. The van der Waals surface area contributed by atoms with Crippen molar-refractivity contribution in [1.29, 1.82) is 0 Å². The Morgan fingerprint density at radius 3 is 2.74 bits per heavy atom. The van der Waals surface area contributed by atoms with Crippen LogP contribution in [0, 0.1) is 11.7 Å². The van der Waals surface area contributed by atoms with E-state index in [4.69, 9.17) is 0 Å². The fourth-order valence-corrected chi connectivity index (χ4v) is 4.20. The molecular weight excluding hydrogens is 305 g/mol. The Balaban J connectivity index is 1.72. The summed E-state index contributed by atoms with van der Waals surface area (Å²) in [5.41, 5.74) is 1.09. The molecule has 1 heterocycles. The molecule has 0 aromatic heterocycles. The van der Waals surface area contributed by atoms with E-state index in [-0.39, 0.29) is 5.82 Å². The minimum Gasteiger partial charge on any atom is -0.296 e. The van der Waals surface area contributed by atoms with Crippen molar-refractivity contribution in [2.24, 2.45) is 5.92 Å². The van der Waals surface area contributed by atoms with E-state index < -0.39 is 0 Å². The van der Waals surface area contributed by atoms with Gasteiger partial charge in [0.05, 0.1) is 4.47 Å². The van der Waals surface area contributed by atoms with Crippen molar-refractivity contribution in [3.05, 3.63) is 34.1 Å². The van der Waals surface area contributed by atoms with Gasteiger partial charge in [-0.05, 0) is 65.7 Å². The maximum Gasteiger partial charge on any atom is 0.137 e. The molecule has 3 heteroatoms. The second-order valence-electron chi connectivity index (χ2n) is 5.94. The first-order chi connectivity index (χ1) is 9.25. The second kappa shape index (κ2) is 5.92. The monoisotopic (exact) mass is 325 g/mol. The lowest BCUT2D eigenvalue weighted by molar-refractivity contribution is 0.182. The zero-order valence-corrected chi connectivity index (χ0v) is 12.8. The summed E-state index contributed by atoms with van der Waals surface area (Å²) < 4.78 is 14.2. The number of rotatable bonds is 3. The van der Waals surface area contributed by atoms with Gasteiger partial charge in [0.2, 0.25) is 0 Å². The van der Waals surface area contributed by atoms with Crippen LogP contribution in [0.15, 0.2) is 22.7 Å². The molecule has 0 N–H and O–H groups in total. The highest BCUT2D eigenvalue weighted by atomic mass is 79.9. The highest BCUT2D eigenvalue weighted by Gasteiger charge is 2.33. The van der Waals surface area contributed by atoms with Crippen LogP contribution >= 0.6 is 15.9 Å². The third-order valence-electron chi connectivity index (χ3n) is 4.76. The Morgan fingerprint density at radius 2 is 1.95 bits per heavy atom. The highest BCUT2D eigenvalue weighted by Crippen LogP contribution is 2.36. The first-order valence-electron chi connectivity index (χ1n) is 7.42. The molecule has 1 atom stereocenters. The van der Waals surface area contributed by atoms with Crippen molar-refractivity contribution in [2.75, 3.05) is 6.54 Å². The number of halogens is 2. The van der Waals surface area contributed by atoms with Gasteiger partial charge >= 0.3 is 0 Å². The maximum atomic E-state index is 13.6. The number of benzene rings is 1. The molecular formula is C16H21BrFN. The highest BCUT2D eigenvalue weighted by molar-refractivity contribution is 9.10. The molecule has 0 radical (unpaired) electrons. The van der Waals surface area contributed by atoms with Crippen molar-refractivity contribution >= 4 is 15.9 Å². The Hall–Kier alpha value is -0.410. The molecule has 1 aliphatic carbocycles.